The molecular formula is C23H40B2N2O6. The number of carbonyl (C=O) groups is 4. The van der Waals surface area contributed by atoms with Crippen LogP contribution in [0.25, 0.3) is 0 Å². The van der Waals surface area contributed by atoms with Crippen LogP contribution < -0.4 is 10.5 Å². The van der Waals surface area contributed by atoms with Crippen LogP contribution in [0, 0.1) is 11.8 Å². The van der Waals surface area contributed by atoms with Crippen LogP contribution in [0.4, 0.5) is 0 Å². The van der Waals surface area contributed by atoms with Gasteiger partial charge in [0.1, 0.15) is 0 Å². The van der Waals surface area contributed by atoms with Gasteiger partial charge in [0.25, 0.3) is 14.8 Å². The Morgan fingerprint density at radius 3 is 1.48 bits per heavy atom. The van der Waals surface area contributed by atoms with Crippen molar-refractivity contribution >= 4 is 39.1 Å². The van der Waals surface area contributed by atoms with Gasteiger partial charge in [-0.15, -0.1) is 0 Å². The fourth-order valence-electron chi connectivity index (χ4n) is 4.86. The van der Waals surface area contributed by atoms with Gasteiger partial charge in [-0.3, -0.25) is 9.59 Å². The standard InChI is InChI=1S/C12H21BNO3.C11H19BNO3/c1-17-12(16)11(14-13-9-15)10-7-5-3-2-4-6-8-10;14-8-12-13-10(11(15)16)9-6-4-2-1-3-5-7-9/h9-11,14H,2-8H2,1H3;8-10,13H,1-7H2,(H,15,16). The number of rotatable bonds is 10. The number of aliphatic carboxylic acids is 1. The molecule has 8 nitrogen and oxygen atoms in total. The van der Waals surface area contributed by atoms with E-state index in [9.17, 15) is 19.2 Å². The lowest BCUT2D eigenvalue weighted by Crippen LogP contribution is -2.46. The van der Waals surface area contributed by atoms with Crippen molar-refractivity contribution in [1.29, 1.82) is 0 Å². The average molecular weight is 462 g/mol. The average Bonchev–Trinajstić information content (AvgIpc) is 2.76. The van der Waals surface area contributed by atoms with Gasteiger partial charge >= 0.3 is 11.9 Å². The fraction of sp³-hybridized carbons (Fsp3) is 0.826. The molecule has 0 aromatic rings. The summed E-state index contributed by atoms with van der Waals surface area (Å²) in [6.45, 7) is 0. The van der Waals surface area contributed by atoms with E-state index in [4.69, 9.17) is 9.84 Å². The van der Waals surface area contributed by atoms with Crippen LogP contribution in [0.3, 0.4) is 0 Å². The summed E-state index contributed by atoms with van der Waals surface area (Å²) >= 11 is 0. The molecule has 184 valence electrons. The highest BCUT2D eigenvalue weighted by atomic mass is 16.5. The van der Waals surface area contributed by atoms with Gasteiger partial charge in [-0.1, -0.05) is 64.2 Å². The number of esters is 1. The summed E-state index contributed by atoms with van der Waals surface area (Å²) in [5.74, 6) is -0.703. The Hall–Kier alpha value is -1.67. The van der Waals surface area contributed by atoms with E-state index < -0.39 is 12.0 Å². The summed E-state index contributed by atoms with van der Waals surface area (Å²) in [6, 6.07) is -0.980. The van der Waals surface area contributed by atoms with E-state index in [1.165, 1.54) is 60.5 Å². The molecule has 33 heavy (non-hydrogen) atoms. The molecule has 0 spiro atoms. The number of nitrogens with one attached hydrogen (secondary N) is 2. The maximum atomic E-state index is 11.7. The van der Waals surface area contributed by atoms with Gasteiger partial charge in [0.15, 0.2) is 0 Å². The molecule has 2 unspecified atom stereocenters. The molecule has 3 N–H and O–H groups in total. The van der Waals surface area contributed by atoms with Crippen molar-refractivity contribution in [2.45, 2.75) is 102 Å². The smallest absolute Gasteiger partial charge is 0.322 e. The van der Waals surface area contributed by atoms with Gasteiger partial charge in [-0.05, 0) is 37.5 Å². The van der Waals surface area contributed by atoms with Crippen LogP contribution in [0.15, 0.2) is 0 Å². The minimum absolute atomic E-state index is 0.147. The molecule has 2 atom stereocenters. The zero-order valence-corrected chi connectivity index (χ0v) is 20.0. The Balaban J connectivity index is 0.000000331. The second-order valence-electron chi connectivity index (χ2n) is 8.97. The lowest BCUT2D eigenvalue weighted by molar-refractivity contribution is -0.144. The Morgan fingerprint density at radius 2 is 1.12 bits per heavy atom. The number of hydrogen-bond acceptors (Lipinski definition) is 7. The first-order valence-corrected chi connectivity index (χ1v) is 12.4. The third-order valence-corrected chi connectivity index (χ3v) is 6.65. The molecule has 0 saturated heterocycles. The molecule has 0 amide bonds. The maximum absolute atomic E-state index is 11.7. The van der Waals surface area contributed by atoms with E-state index in [1.807, 2.05) is 0 Å². The summed E-state index contributed by atoms with van der Waals surface area (Å²) in [4.78, 5) is 43.4. The van der Waals surface area contributed by atoms with Crippen molar-refractivity contribution < 1.29 is 29.0 Å². The van der Waals surface area contributed by atoms with Crippen LogP contribution >= 0.6 is 0 Å². The van der Waals surface area contributed by atoms with Crippen LogP contribution in [-0.2, 0) is 23.9 Å². The first-order chi connectivity index (χ1) is 16.0. The molecule has 0 aromatic heterocycles. The largest absolute Gasteiger partial charge is 0.480 e. The van der Waals surface area contributed by atoms with E-state index in [2.05, 4.69) is 10.5 Å². The van der Waals surface area contributed by atoms with Crippen molar-refractivity contribution in [2.75, 3.05) is 7.11 Å². The zero-order chi connectivity index (χ0) is 24.3. The van der Waals surface area contributed by atoms with E-state index in [0.717, 1.165) is 51.4 Å². The monoisotopic (exact) mass is 462 g/mol. The highest BCUT2D eigenvalue weighted by Crippen LogP contribution is 2.26. The summed E-state index contributed by atoms with van der Waals surface area (Å²) in [6.07, 6.45) is 17.1. The maximum Gasteiger partial charge on any atom is 0.322 e. The lowest BCUT2D eigenvalue weighted by Gasteiger charge is -2.27. The third kappa shape index (κ3) is 12.4. The number of carboxylic acids is 1. The summed E-state index contributed by atoms with van der Waals surface area (Å²) in [5, 5.41) is 14.7. The van der Waals surface area contributed by atoms with Crippen LogP contribution in [0.2, 0.25) is 0 Å². The summed E-state index contributed by atoms with van der Waals surface area (Å²) < 4.78 is 4.80. The lowest BCUT2D eigenvalue weighted by atomic mass is 9.83. The SMILES string of the molecule is COC(=O)C(N[B]C=O)C1CCCCCCC1.O=C[B]NC(C(=O)O)C1CCCCCCC1. The van der Waals surface area contributed by atoms with Crippen molar-refractivity contribution in [3.8, 4) is 0 Å². The fourth-order valence-corrected chi connectivity index (χ4v) is 4.86. The van der Waals surface area contributed by atoms with Gasteiger partial charge in [-0.25, -0.2) is 0 Å². The van der Waals surface area contributed by atoms with Crippen LogP contribution in [0.1, 0.15) is 89.9 Å². The Labute approximate surface area is 199 Å². The first kappa shape index (κ1) is 29.4. The molecule has 2 radical (unpaired) electrons. The number of methoxy groups -OCH3 is 1. The van der Waals surface area contributed by atoms with Crippen molar-refractivity contribution in [3.05, 3.63) is 0 Å². The van der Waals surface area contributed by atoms with Gasteiger partial charge in [0, 0.05) is 0 Å². The summed E-state index contributed by atoms with van der Waals surface area (Å²) in [7, 11) is 3.87. The molecule has 2 fully saturated rings. The minimum atomic E-state index is -0.858. The molecule has 0 heterocycles. The Morgan fingerprint density at radius 1 is 0.758 bits per heavy atom. The molecule has 0 bridgehead atoms. The van der Waals surface area contributed by atoms with E-state index in [1.54, 1.807) is 0 Å². The Bertz CT molecular complexity index is 565. The molecule has 2 saturated carbocycles. The van der Waals surface area contributed by atoms with E-state index in [0.29, 0.717) is 12.4 Å². The second kappa shape index (κ2) is 18.7. The molecule has 2 aliphatic carbocycles. The minimum Gasteiger partial charge on any atom is -0.480 e. The predicted octanol–water partition coefficient (Wildman–Crippen LogP) is 2.49. The van der Waals surface area contributed by atoms with Crippen molar-refractivity contribution in [2.24, 2.45) is 11.8 Å². The zero-order valence-electron chi connectivity index (χ0n) is 20.0. The van der Waals surface area contributed by atoms with Crippen molar-refractivity contribution in [3.63, 3.8) is 0 Å². The Kier molecular flexibility index (Phi) is 16.7. The first-order valence-electron chi connectivity index (χ1n) is 12.4. The highest BCUT2D eigenvalue weighted by Gasteiger charge is 2.29. The van der Waals surface area contributed by atoms with Gasteiger partial charge in [0.05, 0.1) is 31.6 Å². The predicted molar refractivity (Wildman–Crippen MR) is 130 cm³/mol. The highest BCUT2D eigenvalue weighted by molar-refractivity contribution is 6.65. The molecule has 2 aliphatic rings. The molecular weight excluding hydrogens is 422 g/mol. The van der Waals surface area contributed by atoms with Crippen LogP contribution in [-0.4, -0.2) is 63.4 Å². The van der Waals surface area contributed by atoms with Crippen molar-refractivity contribution in [1.82, 2.24) is 10.5 Å². The number of carboxylic acid groups (broad SMARTS) is 1. The van der Waals surface area contributed by atoms with Gasteiger partial charge < -0.3 is 29.9 Å². The molecule has 2 rings (SSSR count). The molecule has 0 aromatic carbocycles. The van der Waals surface area contributed by atoms with E-state index >= 15 is 0 Å². The topological polar surface area (TPSA) is 122 Å². The van der Waals surface area contributed by atoms with Gasteiger partial charge in [-0.2, -0.15) is 0 Å². The number of carbonyl (C=O) groups excluding carboxylic acids is 3. The third-order valence-electron chi connectivity index (χ3n) is 6.65. The second-order valence-corrected chi connectivity index (χ2v) is 8.97. The molecule has 10 heteroatoms. The molecule has 0 aliphatic heterocycles. The summed E-state index contributed by atoms with van der Waals surface area (Å²) in [5.41, 5.74) is 0. The van der Waals surface area contributed by atoms with Gasteiger partial charge in [0.2, 0.25) is 0 Å². The van der Waals surface area contributed by atoms with Crippen LogP contribution in [0.5, 0.6) is 0 Å². The quantitative estimate of drug-likeness (QED) is 0.257. The van der Waals surface area contributed by atoms with E-state index in [-0.39, 0.29) is 23.8 Å². The number of ether oxygens (including phenoxy) is 1. The normalized spacial score (nSPS) is 20.2. The number of hydrogen-bond donors (Lipinski definition) is 3.